The molecule has 18 heavy (non-hydrogen) atoms. The summed E-state index contributed by atoms with van der Waals surface area (Å²) >= 11 is 0. The van der Waals surface area contributed by atoms with Crippen molar-refractivity contribution < 1.29 is 22.7 Å². The number of halogens is 3. The Labute approximate surface area is 104 Å². The molecule has 0 aliphatic carbocycles. The van der Waals surface area contributed by atoms with Crippen molar-refractivity contribution in [2.24, 2.45) is 0 Å². The fourth-order valence-electron chi connectivity index (χ4n) is 1.38. The van der Waals surface area contributed by atoms with Crippen LogP contribution in [0.25, 0.3) is 0 Å². The van der Waals surface area contributed by atoms with Gasteiger partial charge in [0.15, 0.2) is 0 Å². The lowest BCUT2D eigenvalue weighted by molar-refractivity contribution is -0.127. The van der Waals surface area contributed by atoms with Crippen LogP contribution in [0.1, 0.15) is 36.7 Å². The molecule has 5 heteroatoms. The normalized spacial score (nSPS) is 12.3. The van der Waals surface area contributed by atoms with Gasteiger partial charge in [-0.05, 0) is 38.5 Å². The summed E-state index contributed by atoms with van der Waals surface area (Å²) in [4.78, 5) is 11.7. The van der Waals surface area contributed by atoms with Crippen molar-refractivity contribution in [3.63, 3.8) is 0 Å². The number of hydrogen-bond acceptors (Lipinski definition) is 2. The first-order valence-electron chi connectivity index (χ1n) is 5.46. The van der Waals surface area contributed by atoms with Gasteiger partial charge < -0.3 is 4.74 Å². The highest BCUT2D eigenvalue weighted by Gasteiger charge is 2.28. The van der Waals surface area contributed by atoms with Gasteiger partial charge >= 0.3 is 12.1 Å². The van der Waals surface area contributed by atoms with E-state index < -0.39 is 24.2 Å². The Morgan fingerprint density at radius 3 is 2.33 bits per heavy atom. The Balaban J connectivity index is 2.85. The largest absolute Gasteiger partial charge is 0.456 e. The van der Waals surface area contributed by atoms with Crippen LogP contribution in [0.4, 0.5) is 13.2 Å². The van der Waals surface area contributed by atoms with Crippen LogP contribution < -0.4 is 0 Å². The zero-order valence-electron chi connectivity index (χ0n) is 10.5. The lowest BCUT2D eigenvalue weighted by atomic mass is 10.1. The lowest BCUT2D eigenvalue weighted by Gasteiger charge is -2.19. The van der Waals surface area contributed by atoms with E-state index in [9.17, 15) is 18.0 Å². The van der Waals surface area contributed by atoms with Gasteiger partial charge in [0.1, 0.15) is 5.60 Å². The fraction of sp³-hybridized carbons (Fsp3) is 0.462. The van der Waals surface area contributed by atoms with Crippen molar-refractivity contribution in [1.82, 2.24) is 0 Å². The highest BCUT2D eigenvalue weighted by Crippen LogP contribution is 2.22. The predicted octanol–water partition coefficient (Wildman–Crippen LogP) is 3.75. The molecular formula is C13H15F3O2. The minimum atomic E-state index is -4.29. The van der Waals surface area contributed by atoms with E-state index in [1.807, 2.05) is 0 Å². The maximum absolute atomic E-state index is 12.2. The Morgan fingerprint density at radius 2 is 1.83 bits per heavy atom. The third-order valence-electron chi connectivity index (χ3n) is 1.97. The summed E-state index contributed by atoms with van der Waals surface area (Å²) < 4.78 is 41.8. The van der Waals surface area contributed by atoms with Gasteiger partial charge in [-0.15, -0.1) is 0 Å². The minimum absolute atomic E-state index is 0.0471. The first-order chi connectivity index (χ1) is 8.07. The van der Waals surface area contributed by atoms with E-state index in [-0.39, 0.29) is 11.1 Å². The van der Waals surface area contributed by atoms with Crippen molar-refractivity contribution in [2.45, 2.75) is 39.0 Å². The van der Waals surface area contributed by atoms with Crippen LogP contribution in [0, 0.1) is 0 Å². The Bertz CT molecular complexity index is 431. The summed E-state index contributed by atoms with van der Waals surface area (Å²) in [5.74, 6) is -0.619. The average molecular weight is 260 g/mol. The van der Waals surface area contributed by atoms with Gasteiger partial charge in [-0.2, -0.15) is 13.2 Å². The van der Waals surface area contributed by atoms with Crippen LogP contribution in [0.15, 0.2) is 24.3 Å². The molecule has 0 radical (unpaired) electrons. The maximum Gasteiger partial charge on any atom is 0.393 e. The number of ether oxygens (including phenoxy) is 1. The first kappa shape index (κ1) is 14.5. The van der Waals surface area contributed by atoms with E-state index >= 15 is 0 Å². The second kappa shape index (κ2) is 5.00. The number of rotatable bonds is 2. The average Bonchev–Trinajstić information content (AvgIpc) is 2.12. The fourth-order valence-corrected chi connectivity index (χ4v) is 1.38. The Hall–Kier alpha value is -1.52. The molecule has 2 nitrogen and oxygen atoms in total. The Morgan fingerprint density at radius 1 is 1.22 bits per heavy atom. The van der Waals surface area contributed by atoms with Gasteiger partial charge in [0.2, 0.25) is 0 Å². The van der Waals surface area contributed by atoms with Gasteiger partial charge in [-0.3, -0.25) is 0 Å². The first-order valence-corrected chi connectivity index (χ1v) is 5.46. The SMILES string of the molecule is CC(C)(C)OC(=O)c1cccc(CC(F)(F)F)c1. The van der Waals surface area contributed by atoms with Crippen LogP contribution in [-0.4, -0.2) is 17.7 Å². The minimum Gasteiger partial charge on any atom is -0.456 e. The van der Waals surface area contributed by atoms with Crippen molar-refractivity contribution in [3.8, 4) is 0 Å². The zero-order chi connectivity index (χ0) is 14.0. The maximum atomic E-state index is 12.2. The summed E-state index contributed by atoms with van der Waals surface area (Å²) in [6.07, 6.45) is -5.34. The molecule has 0 N–H and O–H groups in total. The van der Waals surface area contributed by atoms with E-state index in [1.54, 1.807) is 20.8 Å². The number of carbonyl (C=O) groups excluding carboxylic acids is 1. The molecule has 0 saturated heterocycles. The quantitative estimate of drug-likeness (QED) is 0.757. The van der Waals surface area contributed by atoms with Gasteiger partial charge in [0.25, 0.3) is 0 Å². The lowest BCUT2D eigenvalue weighted by Crippen LogP contribution is -2.24. The second-order valence-corrected chi connectivity index (χ2v) is 4.99. The molecule has 0 aliphatic heterocycles. The van der Waals surface area contributed by atoms with E-state index in [1.165, 1.54) is 24.3 Å². The third-order valence-corrected chi connectivity index (χ3v) is 1.97. The molecular weight excluding hydrogens is 245 g/mol. The molecule has 0 fully saturated rings. The van der Waals surface area contributed by atoms with Crippen molar-refractivity contribution in [3.05, 3.63) is 35.4 Å². The molecule has 100 valence electrons. The molecule has 0 heterocycles. The number of carbonyl (C=O) groups is 1. The van der Waals surface area contributed by atoms with Crippen molar-refractivity contribution in [2.75, 3.05) is 0 Å². The van der Waals surface area contributed by atoms with Crippen LogP contribution in [-0.2, 0) is 11.2 Å². The van der Waals surface area contributed by atoms with Crippen LogP contribution in [0.2, 0.25) is 0 Å². The molecule has 0 amide bonds. The molecule has 0 atom stereocenters. The number of hydrogen-bond donors (Lipinski definition) is 0. The highest BCUT2D eigenvalue weighted by molar-refractivity contribution is 5.89. The van der Waals surface area contributed by atoms with Gasteiger partial charge in [-0.25, -0.2) is 4.79 Å². The topological polar surface area (TPSA) is 26.3 Å². The van der Waals surface area contributed by atoms with Gasteiger partial charge in [0.05, 0.1) is 12.0 Å². The molecule has 1 aromatic rings. The molecule has 1 aromatic carbocycles. The highest BCUT2D eigenvalue weighted by atomic mass is 19.4. The number of esters is 1. The number of alkyl halides is 3. The van der Waals surface area contributed by atoms with Crippen LogP contribution in [0.5, 0.6) is 0 Å². The molecule has 1 rings (SSSR count). The predicted molar refractivity (Wildman–Crippen MR) is 61.4 cm³/mol. The molecule has 0 aromatic heterocycles. The second-order valence-electron chi connectivity index (χ2n) is 4.99. The third kappa shape index (κ3) is 5.21. The van der Waals surface area contributed by atoms with Crippen LogP contribution >= 0.6 is 0 Å². The smallest absolute Gasteiger partial charge is 0.393 e. The molecule has 0 bridgehead atoms. The Kier molecular flexibility index (Phi) is 4.04. The summed E-state index contributed by atoms with van der Waals surface area (Å²) in [5, 5.41) is 0. The summed E-state index contributed by atoms with van der Waals surface area (Å²) in [6.45, 7) is 5.10. The summed E-state index contributed by atoms with van der Waals surface area (Å²) in [6, 6.07) is 5.40. The molecule has 0 aliphatic rings. The standard InChI is InChI=1S/C13H15F3O2/c1-12(2,3)18-11(17)10-6-4-5-9(7-10)8-13(14,15)16/h4-7H,8H2,1-3H3. The van der Waals surface area contributed by atoms with E-state index in [0.717, 1.165) is 0 Å². The molecule has 0 spiro atoms. The number of benzene rings is 1. The summed E-state index contributed by atoms with van der Waals surface area (Å²) in [5.41, 5.74) is -0.491. The van der Waals surface area contributed by atoms with Crippen molar-refractivity contribution in [1.29, 1.82) is 0 Å². The van der Waals surface area contributed by atoms with Crippen LogP contribution in [0.3, 0.4) is 0 Å². The van der Waals surface area contributed by atoms with E-state index in [4.69, 9.17) is 4.74 Å². The molecule has 0 saturated carbocycles. The van der Waals surface area contributed by atoms with Gasteiger partial charge in [-0.1, -0.05) is 12.1 Å². The van der Waals surface area contributed by atoms with Crippen molar-refractivity contribution >= 4 is 5.97 Å². The molecule has 0 unspecified atom stereocenters. The zero-order valence-corrected chi connectivity index (χ0v) is 10.5. The van der Waals surface area contributed by atoms with Gasteiger partial charge in [0, 0.05) is 0 Å². The van der Waals surface area contributed by atoms with E-state index in [2.05, 4.69) is 0 Å². The summed E-state index contributed by atoms with van der Waals surface area (Å²) in [7, 11) is 0. The van der Waals surface area contributed by atoms with E-state index in [0.29, 0.717) is 0 Å². The monoisotopic (exact) mass is 260 g/mol.